The van der Waals surface area contributed by atoms with E-state index < -0.39 is 0 Å². The molecule has 0 radical (unpaired) electrons. The first-order valence-electron chi connectivity index (χ1n) is 29.9. The average Bonchev–Trinajstić information content (AvgIpc) is 2.44. The molecule has 6 heteroatoms. The quantitative estimate of drug-likeness (QED) is 0.142. The fraction of sp³-hybridized carbons (Fsp3) is 0.270. The third-order valence-corrected chi connectivity index (χ3v) is 16.6. The van der Waals surface area contributed by atoms with Crippen LogP contribution in [-0.4, -0.2) is 9.55 Å². The van der Waals surface area contributed by atoms with Crippen molar-refractivity contribution in [3.63, 3.8) is 0 Å². The van der Waals surface area contributed by atoms with Crippen LogP contribution in [-0.2, 0) is 48.1 Å². The molecule has 1 aliphatic heterocycles. The van der Waals surface area contributed by atoms with Crippen LogP contribution in [0.4, 0.5) is 22.7 Å². The minimum atomic E-state index is -0.312. The van der Waals surface area contributed by atoms with Crippen molar-refractivity contribution < 1.29 is 31.3 Å². The average molecular weight is 1230 g/mol. The van der Waals surface area contributed by atoms with Crippen molar-refractivity contribution in [3.05, 3.63) is 223 Å². The Morgan fingerprint density at radius 2 is 1.16 bits per heavy atom. The summed E-state index contributed by atoms with van der Waals surface area (Å²) in [6.45, 7) is 32.1. The number of hydrogen-bond acceptors (Lipinski definition) is 4. The first kappa shape index (κ1) is 49.8. The standard InChI is InChI=1S/C74H73N4O.Pt/c1-70(2,3)52-34-37-75-68(44-52)78-64-27-18-17-26-58(64)59-32-31-57(46-67(59)78)79-56-25-21-24-55(45-56)76-47-77(66-29-20-19-28-65(66)76)69-60(49-30-33-62-63(41-49)74(12,13)36-35-73(62,10)11)42-54(72(7,8)9)43-61(69)51-38-50(48-22-15-14-16-23-48)39-53(40-51)71(4,5)6;/h14-34,37-44,47H,35-36H2,1-13H3;/q-3;/i17D,18D,26D,27D;. The van der Waals surface area contributed by atoms with E-state index in [-0.39, 0.29) is 72.3 Å². The molecule has 0 amide bonds. The summed E-state index contributed by atoms with van der Waals surface area (Å²) in [5.74, 6) is 1.38. The number of ether oxygens (including phenoxy) is 1. The fourth-order valence-electron chi connectivity index (χ4n) is 11.7. The number of nitrogens with zero attached hydrogens (tertiary/aromatic N) is 4. The van der Waals surface area contributed by atoms with E-state index in [4.69, 9.17) is 15.2 Å². The van der Waals surface area contributed by atoms with Crippen LogP contribution in [0.15, 0.2) is 176 Å². The molecule has 1 aliphatic carbocycles. The maximum atomic E-state index is 9.16. The van der Waals surface area contributed by atoms with Crippen molar-refractivity contribution in [1.82, 2.24) is 9.55 Å². The number of rotatable bonds is 8. The van der Waals surface area contributed by atoms with E-state index in [1.54, 1.807) is 16.8 Å². The largest absolute Gasteiger partial charge is 0.509 e. The minimum absolute atomic E-state index is 0. The smallest absolute Gasteiger partial charge is 0.135 e. The number of pyridine rings is 1. The van der Waals surface area contributed by atoms with Crippen LogP contribution >= 0.6 is 0 Å². The molecular weight excluding hydrogens is 1160 g/mol. The van der Waals surface area contributed by atoms with Crippen molar-refractivity contribution in [2.24, 2.45) is 0 Å². The van der Waals surface area contributed by atoms with Gasteiger partial charge in [0.25, 0.3) is 0 Å². The van der Waals surface area contributed by atoms with Gasteiger partial charge in [-0.3, -0.25) is 0 Å². The summed E-state index contributed by atoms with van der Waals surface area (Å²) in [5, 5.41) is 1.01. The third-order valence-electron chi connectivity index (χ3n) is 16.6. The Morgan fingerprint density at radius 3 is 1.88 bits per heavy atom. The van der Waals surface area contributed by atoms with Crippen molar-refractivity contribution in [2.45, 2.75) is 130 Å². The number of aromatic nitrogens is 2. The van der Waals surface area contributed by atoms with Gasteiger partial charge in [0, 0.05) is 72.5 Å². The molecule has 0 fully saturated rings. The molecule has 10 aromatic rings. The second-order valence-electron chi connectivity index (χ2n) is 26.3. The zero-order chi connectivity index (χ0) is 58.9. The zero-order valence-electron chi connectivity index (χ0n) is 52.4. The van der Waals surface area contributed by atoms with Gasteiger partial charge < -0.3 is 19.1 Å². The van der Waals surface area contributed by atoms with Gasteiger partial charge in [-0.05, 0) is 144 Å². The molecule has 12 rings (SSSR count). The fourth-order valence-corrected chi connectivity index (χ4v) is 11.7. The van der Waals surface area contributed by atoms with Gasteiger partial charge in [0.15, 0.2) is 0 Å². The summed E-state index contributed by atoms with van der Waals surface area (Å²) in [5.41, 5.74) is 17.6. The van der Waals surface area contributed by atoms with Crippen LogP contribution in [0.25, 0.3) is 61.0 Å². The molecule has 8 aromatic carbocycles. The molecule has 5 nitrogen and oxygen atoms in total. The molecule has 2 aliphatic rings. The van der Waals surface area contributed by atoms with Gasteiger partial charge in [-0.25, -0.2) is 4.98 Å². The van der Waals surface area contributed by atoms with Gasteiger partial charge in [-0.1, -0.05) is 186 Å². The minimum Gasteiger partial charge on any atom is -0.509 e. The summed E-state index contributed by atoms with van der Waals surface area (Å²) in [6, 6.07) is 58.5. The van der Waals surface area contributed by atoms with Crippen LogP contribution in [0.3, 0.4) is 0 Å². The molecule has 2 aromatic heterocycles. The van der Waals surface area contributed by atoms with E-state index in [1.807, 2.05) is 30.3 Å². The predicted molar refractivity (Wildman–Crippen MR) is 332 cm³/mol. The molecule has 0 saturated carbocycles. The van der Waals surface area contributed by atoms with Gasteiger partial charge in [-0.15, -0.1) is 48.1 Å². The summed E-state index contributed by atoms with van der Waals surface area (Å²) in [7, 11) is 0. The van der Waals surface area contributed by atoms with Gasteiger partial charge in [-0.2, -0.15) is 12.1 Å². The SMILES string of the molecule is [2H]c1c([2H])c([2H])c2c(c1[2H])c1ccc(Oc3[c-]c(N4[CH-]N(c5c(-c6cc(-c7ccccc7)cc(C(C)(C)C)c6)cc(C(C)(C)C)cc5-c5ccc6c(c5)C(C)(C)CCC6(C)C)c5ccccc54)ccc3)[c-]c1n2-c1cc(C(C)(C)C)ccn1.[Pt]. The zero-order valence-corrected chi connectivity index (χ0v) is 50.7. The molecule has 0 spiro atoms. The normalized spacial score (nSPS) is 15.7. The topological polar surface area (TPSA) is 33.5 Å². The second kappa shape index (κ2) is 20.1. The maximum absolute atomic E-state index is 9.16. The summed E-state index contributed by atoms with van der Waals surface area (Å²) < 4.78 is 44.1. The molecule has 0 atom stereocenters. The monoisotopic (exact) mass is 1230 g/mol. The Bertz CT molecular complexity index is 4240. The first-order valence-corrected chi connectivity index (χ1v) is 27.9. The Kier molecular flexibility index (Phi) is 12.5. The van der Waals surface area contributed by atoms with Gasteiger partial charge in [0.2, 0.25) is 0 Å². The third kappa shape index (κ3) is 9.99. The van der Waals surface area contributed by atoms with Crippen LogP contribution < -0.4 is 14.5 Å². The van der Waals surface area contributed by atoms with Crippen LogP contribution in [0.1, 0.15) is 136 Å². The molecular formula is C74H73N4OPt-3. The van der Waals surface area contributed by atoms with E-state index in [0.29, 0.717) is 39.1 Å². The molecule has 408 valence electrons. The van der Waals surface area contributed by atoms with E-state index in [1.165, 1.54) is 38.9 Å². The molecule has 80 heavy (non-hydrogen) atoms. The summed E-state index contributed by atoms with van der Waals surface area (Å²) >= 11 is 0. The van der Waals surface area contributed by atoms with Crippen LogP contribution in [0.5, 0.6) is 11.5 Å². The predicted octanol–water partition coefficient (Wildman–Crippen LogP) is 20.2. The van der Waals surface area contributed by atoms with E-state index >= 15 is 0 Å². The summed E-state index contributed by atoms with van der Waals surface area (Å²) in [6.07, 6.45) is 4.00. The van der Waals surface area contributed by atoms with Crippen LogP contribution in [0, 0.1) is 18.8 Å². The maximum Gasteiger partial charge on any atom is 0.135 e. The molecule has 0 N–H and O–H groups in total. The molecule has 3 heterocycles. The van der Waals surface area contributed by atoms with Gasteiger partial charge >= 0.3 is 0 Å². The Labute approximate surface area is 495 Å². The van der Waals surface area contributed by atoms with Gasteiger partial charge in [0.05, 0.1) is 5.48 Å². The Balaban J connectivity index is 0.00000736. The van der Waals surface area contributed by atoms with Crippen LogP contribution in [0.2, 0.25) is 0 Å². The second-order valence-corrected chi connectivity index (χ2v) is 26.3. The van der Waals surface area contributed by atoms with E-state index in [9.17, 15) is 0 Å². The summed E-state index contributed by atoms with van der Waals surface area (Å²) in [4.78, 5) is 9.38. The molecule has 0 saturated heterocycles. The number of para-hydroxylation sites is 3. The number of anilines is 4. The van der Waals surface area contributed by atoms with Crippen molar-refractivity contribution >= 4 is 44.6 Å². The Morgan fingerprint density at radius 1 is 0.537 bits per heavy atom. The van der Waals surface area contributed by atoms with E-state index in [2.05, 4.69) is 228 Å². The number of fused-ring (bicyclic) bond motifs is 5. The van der Waals surface area contributed by atoms with Gasteiger partial charge in [0.1, 0.15) is 5.82 Å². The Hall–Kier alpha value is -7.20. The first-order chi connectivity index (χ1) is 39.2. The van der Waals surface area contributed by atoms with Crippen molar-refractivity contribution in [2.75, 3.05) is 9.80 Å². The van der Waals surface area contributed by atoms with Crippen molar-refractivity contribution in [1.29, 1.82) is 0 Å². The number of hydrogen-bond donors (Lipinski definition) is 0. The van der Waals surface area contributed by atoms with E-state index in [0.717, 1.165) is 57.8 Å². The van der Waals surface area contributed by atoms with Crippen molar-refractivity contribution in [3.8, 4) is 50.7 Å². The molecule has 0 bridgehead atoms. The number of benzene rings is 8. The molecule has 0 unspecified atom stereocenters.